The van der Waals surface area contributed by atoms with Gasteiger partial charge in [0.25, 0.3) is 5.91 Å². The maximum Gasteiger partial charge on any atom is 0.255 e. The molecule has 2 rings (SSSR count). The van der Waals surface area contributed by atoms with E-state index in [-0.39, 0.29) is 5.91 Å². The largest absolute Gasteiger partial charge is 0.369 e. The van der Waals surface area contributed by atoms with Gasteiger partial charge in [-0.1, -0.05) is 17.7 Å². The van der Waals surface area contributed by atoms with Crippen molar-refractivity contribution in [3.05, 3.63) is 59.1 Å². The van der Waals surface area contributed by atoms with Gasteiger partial charge in [-0.3, -0.25) is 4.79 Å². The number of nitrogens with one attached hydrogen (secondary N) is 1. The first-order chi connectivity index (χ1) is 12.1. The van der Waals surface area contributed by atoms with Crippen molar-refractivity contribution in [2.24, 2.45) is 0 Å². The molecular formula is C19H17ClN4O. The topological polar surface area (TPSA) is 79.9 Å². The molecule has 0 aliphatic heterocycles. The lowest BCUT2D eigenvalue weighted by atomic mass is 10.2. The average molecular weight is 353 g/mol. The van der Waals surface area contributed by atoms with Gasteiger partial charge in [0.1, 0.15) is 0 Å². The van der Waals surface area contributed by atoms with E-state index in [1.54, 1.807) is 30.3 Å². The van der Waals surface area contributed by atoms with Gasteiger partial charge >= 0.3 is 0 Å². The first-order valence-corrected chi connectivity index (χ1v) is 8.17. The van der Waals surface area contributed by atoms with E-state index in [4.69, 9.17) is 22.1 Å². The van der Waals surface area contributed by atoms with E-state index in [9.17, 15) is 4.79 Å². The van der Waals surface area contributed by atoms with Gasteiger partial charge in [0.2, 0.25) is 0 Å². The Kier molecular flexibility index (Phi) is 6.83. The van der Waals surface area contributed by atoms with Crippen LogP contribution in [0.15, 0.2) is 48.5 Å². The van der Waals surface area contributed by atoms with Gasteiger partial charge in [0.15, 0.2) is 0 Å². The van der Waals surface area contributed by atoms with Crippen molar-refractivity contribution in [2.75, 3.05) is 23.3 Å². The third-order valence-corrected chi connectivity index (χ3v) is 3.81. The molecule has 1 N–H and O–H groups in total. The Labute approximate surface area is 152 Å². The van der Waals surface area contributed by atoms with Crippen molar-refractivity contribution in [1.82, 2.24) is 0 Å². The predicted molar refractivity (Wildman–Crippen MR) is 98.5 cm³/mol. The Hall–Kier alpha value is -3.02. The summed E-state index contributed by atoms with van der Waals surface area (Å²) in [6.07, 6.45) is 0.736. The molecule has 0 aliphatic carbocycles. The molecule has 0 fully saturated rings. The molecule has 25 heavy (non-hydrogen) atoms. The Bertz CT molecular complexity index is 787. The Morgan fingerprint density at radius 1 is 1.04 bits per heavy atom. The van der Waals surface area contributed by atoms with Crippen LogP contribution in [0.2, 0.25) is 5.02 Å². The van der Waals surface area contributed by atoms with Crippen molar-refractivity contribution >= 4 is 28.9 Å². The normalized spacial score (nSPS) is 9.72. The van der Waals surface area contributed by atoms with Crippen LogP contribution in [0.4, 0.5) is 11.4 Å². The molecule has 0 aromatic heterocycles. The van der Waals surface area contributed by atoms with Crippen LogP contribution in [0.25, 0.3) is 0 Å². The monoisotopic (exact) mass is 352 g/mol. The Morgan fingerprint density at radius 3 is 2.28 bits per heavy atom. The summed E-state index contributed by atoms with van der Waals surface area (Å²) in [4.78, 5) is 14.3. The second kappa shape index (κ2) is 9.32. The van der Waals surface area contributed by atoms with Gasteiger partial charge in [-0.15, -0.1) is 0 Å². The zero-order valence-corrected chi connectivity index (χ0v) is 14.3. The summed E-state index contributed by atoms with van der Waals surface area (Å²) < 4.78 is 0. The number of carbonyl (C=O) groups excluding carboxylic acids is 1. The smallest absolute Gasteiger partial charge is 0.255 e. The van der Waals surface area contributed by atoms with Crippen molar-refractivity contribution in [3.63, 3.8) is 0 Å². The Balaban J connectivity index is 2.13. The van der Waals surface area contributed by atoms with E-state index in [2.05, 4.69) is 17.5 Å². The van der Waals surface area contributed by atoms with Crippen LogP contribution in [0.5, 0.6) is 0 Å². The van der Waals surface area contributed by atoms with E-state index in [1.165, 1.54) is 0 Å². The van der Waals surface area contributed by atoms with Gasteiger partial charge in [-0.2, -0.15) is 10.5 Å². The summed E-state index contributed by atoms with van der Waals surface area (Å²) in [5.41, 5.74) is 2.02. The highest BCUT2D eigenvalue weighted by Gasteiger charge is 2.09. The van der Waals surface area contributed by atoms with Crippen LogP contribution in [0.3, 0.4) is 0 Å². The number of amides is 1. The number of benzene rings is 2. The third kappa shape index (κ3) is 5.53. The number of nitrogens with zero attached hydrogens (tertiary/aromatic N) is 3. The fourth-order valence-corrected chi connectivity index (χ4v) is 2.45. The highest BCUT2D eigenvalue weighted by Crippen LogP contribution is 2.21. The van der Waals surface area contributed by atoms with Crippen LogP contribution in [-0.2, 0) is 0 Å². The quantitative estimate of drug-likeness (QED) is 0.808. The van der Waals surface area contributed by atoms with Crippen LogP contribution >= 0.6 is 11.6 Å². The van der Waals surface area contributed by atoms with Crippen LogP contribution in [0.1, 0.15) is 23.2 Å². The molecule has 0 radical (unpaired) electrons. The number of carbonyl (C=O) groups is 1. The molecule has 0 saturated heterocycles. The molecule has 2 aromatic carbocycles. The standard InChI is InChI=1S/C19H17ClN4O/c20-16-8-6-15(7-9-16)19(25)23-17-4-1-5-18(14-17)24(12-2-10-21)13-3-11-22/h1,4-9,14H,2-3,12-13H2,(H,23,25). The van der Waals surface area contributed by atoms with Crippen molar-refractivity contribution in [2.45, 2.75) is 12.8 Å². The molecule has 0 spiro atoms. The molecule has 2 aromatic rings. The molecule has 1 amide bonds. The summed E-state index contributed by atoms with van der Waals surface area (Å²) in [5, 5.41) is 21.0. The molecule has 126 valence electrons. The average Bonchev–Trinajstić information content (AvgIpc) is 2.62. The van der Waals surface area contributed by atoms with Crippen LogP contribution < -0.4 is 10.2 Å². The van der Waals surface area contributed by atoms with Crippen molar-refractivity contribution in [3.8, 4) is 12.1 Å². The minimum absolute atomic E-state index is 0.227. The number of hydrogen-bond donors (Lipinski definition) is 1. The molecule has 6 heteroatoms. The Morgan fingerprint density at radius 2 is 1.68 bits per heavy atom. The second-order valence-corrected chi connectivity index (χ2v) is 5.75. The minimum Gasteiger partial charge on any atom is -0.369 e. The summed E-state index contributed by atoms with van der Waals surface area (Å²) in [6, 6.07) is 18.2. The SMILES string of the molecule is N#CCCN(CCC#N)c1cccc(NC(=O)c2ccc(Cl)cc2)c1. The number of nitriles is 2. The van der Waals surface area contributed by atoms with E-state index in [0.29, 0.717) is 42.2 Å². The van der Waals surface area contributed by atoms with Gasteiger partial charge in [0.05, 0.1) is 25.0 Å². The number of rotatable bonds is 7. The van der Waals surface area contributed by atoms with Crippen LogP contribution in [0, 0.1) is 22.7 Å². The van der Waals surface area contributed by atoms with E-state index < -0.39 is 0 Å². The summed E-state index contributed by atoms with van der Waals surface area (Å²) in [7, 11) is 0. The summed E-state index contributed by atoms with van der Waals surface area (Å²) >= 11 is 5.83. The number of hydrogen-bond acceptors (Lipinski definition) is 4. The maximum absolute atomic E-state index is 12.3. The van der Waals surface area contributed by atoms with E-state index >= 15 is 0 Å². The van der Waals surface area contributed by atoms with Crippen molar-refractivity contribution in [1.29, 1.82) is 10.5 Å². The molecular weight excluding hydrogens is 336 g/mol. The molecule has 5 nitrogen and oxygen atoms in total. The van der Waals surface area contributed by atoms with Gasteiger partial charge in [0, 0.05) is 35.1 Å². The first kappa shape index (κ1) is 18.3. The summed E-state index contributed by atoms with van der Waals surface area (Å²) in [6.45, 7) is 1.07. The van der Waals surface area contributed by atoms with Gasteiger partial charge < -0.3 is 10.2 Å². The van der Waals surface area contributed by atoms with Gasteiger partial charge in [-0.05, 0) is 42.5 Å². The highest BCUT2D eigenvalue weighted by molar-refractivity contribution is 6.30. The lowest BCUT2D eigenvalue weighted by Gasteiger charge is -2.23. The molecule has 0 aliphatic rings. The highest BCUT2D eigenvalue weighted by atomic mass is 35.5. The van der Waals surface area contributed by atoms with E-state index in [0.717, 1.165) is 5.69 Å². The molecule has 0 saturated carbocycles. The predicted octanol–water partition coefficient (Wildman–Crippen LogP) is 4.23. The second-order valence-electron chi connectivity index (χ2n) is 5.31. The van der Waals surface area contributed by atoms with Crippen molar-refractivity contribution < 1.29 is 4.79 Å². The lowest BCUT2D eigenvalue weighted by Crippen LogP contribution is -2.25. The number of anilines is 2. The fourth-order valence-electron chi connectivity index (χ4n) is 2.32. The minimum atomic E-state index is -0.227. The zero-order valence-electron chi connectivity index (χ0n) is 13.6. The summed E-state index contributed by atoms with van der Waals surface area (Å²) in [5.74, 6) is -0.227. The molecule has 0 atom stereocenters. The molecule has 0 heterocycles. The van der Waals surface area contributed by atoms with E-state index in [1.807, 2.05) is 23.1 Å². The van der Waals surface area contributed by atoms with Gasteiger partial charge in [-0.25, -0.2) is 0 Å². The lowest BCUT2D eigenvalue weighted by molar-refractivity contribution is 0.102. The fraction of sp³-hybridized carbons (Fsp3) is 0.211. The third-order valence-electron chi connectivity index (χ3n) is 3.56. The molecule has 0 bridgehead atoms. The van der Waals surface area contributed by atoms with Crippen LogP contribution in [-0.4, -0.2) is 19.0 Å². The molecule has 0 unspecified atom stereocenters. The maximum atomic E-state index is 12.3. The zero-order chi connectivity index (χ0) is 18.1. The first-order valence-electron chi connectivity index (χ1n) is 7.80. The number of halogens is 1.